The van der Waals surface area contributed by atoms with E-state index in [9.17, 15) is 18.8 Å². The molecule has 0 bridgehead atoms. The number of nitriles is 1. The van der Waals surface area contributed by atoms with Crippen LogP contribution in [0.5, 0.6) is 0 Å². The Hall–Kier alpha value is -4.10. The molecule has 0 unspecified atom stereocenters. The van der Waals surface area contributed by atoms with E-state index in [-0.39, 0.29) is 45.7 Å². The molecule has 4 rings (SSSR count). The summed E-state index contributed by atoms with van der Waals surface area (Å²) in [5, 5.41) is 12.5. The van der Waals surface area contributed by atoms with Crippen molar-refractivity contribution in [1.82, 2.24) is 19.5 Å². The van der Waals surface area contributed by atoms with Gasteiger partial charge in [0.2, 0.25) is 5.95 Å². The summed E-state index contributed by atoms with van der Waals surface area (Å²) in [5.74, 6) is -1.97. The minimum absolute atomic E-state index is 0.0269. The molecule has 0 amide bonds. The topological polar surface area (TPSA) is 123 Å². The second kappa shape index (κ2) is 8.80. The molecule has 2 heterocycles. The van der Waals surface area contributed by atoms with Crippen LogP contribution in [-0.2, 0) is 6.42 Å². The van der Waals surface area contributed by atoms with Crippen LogP contribution < -0.4 is 16.6 Å². The third kappa shape index (κ3) is 4.18. The molecule has 4 aromatic rings. The van der Waals surface area contributed by atoms with Crippen molar-refractivity contribution in [2.45, 2.75) is 19.4 Å². The van der Waals surface area contributed by atoms with Gasteiger partial charge in [0, 0.05) is 12.5 Å². The zero-order valence-corrected chi connectivity index (χ0v) is 17.9. The van der Waals surface area contributed by atoms with Gasteiger partial charge >= 0.3 is 0 Å². The van der Waals surface area contributed by atoms with Crippen LogP contribution >= 0.6 is 11.6 Å². The van der Waals surface area contributed by atoms with Crippen LogP contribution in [0.25, 0.3) is 16.6 Å². The predicted molar refractivity (Wildman–Crippen MR) is 120 cm³/mol. The Morgan fingerprint density at radius 3 is 2.76 bits per heavy atom. The summed E-state index contributed by atoms with van der Waals surface area (Å²) in [6.07, 6.45) is 1.37. The first-order valence-electron chi connectivity index (χ1n) is 9.73. The Kier molecular flexibility index (Phi) is 5.89. The normalized spacial score (nSPS) is 11.8. The zero-order valence-electron chi connectivity index (χ0n) is 17.2. The lowest BCUT2D eigenvalue weighted by atomic mass is 10.1. The van der Waals surface area contributed by atoms with Gasteiger partial charge in [-0.3, -0.25) is 9.36 Å². The second-order valence-electron chi connectivity index (χ2n) is 7.23. The summed E-state index contributed by atoms with van der Waals surface area (Å²) in [6.45, 7) is 1.75. The number of nitrogen functional groups attached to an aromatic ring is 1. The smallest absolute Gasteiger partial charge is 0.267 e. The monoisotopic (exact) mass is 467 g/mol. The van der Waals surface area contributed by atoms with Crippen molar-refractivity contribution in [3.05, 3.63) is 81.0 Å². The van der Waals surface area contributed by atoms with Crippen molar-refractivity contribution >= 4 is 34.3 Å². The highest BCUT2D eigenvalue weighted by atomic mass is 35.5. The maximum absolute atomic E-state index is 14.7. The average molecular weight is 468 g/mol. The van der Waals surface area contributed by atoms with Crippen LogP contribution in [0, 0.1) is 23.0 Å². The SMILES string of the molecule is C[C@H](Cc1nc2cccc(Cl)c2c(=O)n1-c1cccc(F)c1F)Nc1nc(N)ncc1C#N. The number of benzene rings is 2. The number of nitrogens with two attached hydrogens (primary N) is 1. The number of hydrogen-bond acceptors (Lipinski definition) is 7. The van der Waals surface area contributed by atoms with Crippen molar-refractivity contribution in [2.24, 2.45) is 0 Å². The summed E-state index contributed by atoms with van der Waals surface area (Å²) in [7, 11) is 0. The highest BCUT2D eigenvalue weighted by molar-refractivity contribution is 6.35. The maximum atomic E-state index is 14.7. The van der Waals surface area contributed by atoms with Crippen LogP contribution in [0.2, 0.25) is 5.02 Å². The third-order valence-electron chi connectivity index (χ3n) is 4.89. The molecule has 0 fully saturated rings. The molecular weight excluding hydrogens is 452 g/mol. The van der Waals surface area contributed by atoms with Gasteiger partial charge in [-0.25, -0.2) is 18.7 Å². The molecule has 0 radical (unpaired) electrons. The minimum atomic E-state index is -1.19. The number of nitrogens with one attached hydrogen (secondary N) is 1. The number of fused-ring (bicyclic) bond motifs is 1. The Labute approximate surface area is 191 Å². The lowest BCUT2D eigenvalue weighted by molar-refractivity contribution is 0.501. The van der Waals surface area contributed by atoms with Crippen molar-refractivity contribution in [3.8, 4) is 11.8 Å². The molecule has 3 N–H and O–H groups in total. The largest absolute Gasteiger partial charge is 0.368 e. The van der Waals surface area contributed by atoms with Crippen molar-refractivity contribution in [3.63, 3.8) is 0 Å². The summed E-state index contributed by atoms with van der Waals surface area (Å²) < 4.78 is 29.7. The van der Waals surface area contributed by atoms with Gasteiger partial charge < -0.3 is 11.1 Å². The summed E-state index contributed by atoms with van der Waals surface area (Å²) >= 11 is 6.22. The summed E-state index contributed by atoms with van der Waals surface area (Å²) in [5.41, 5.74) is 5.17. The number of hydrogen-bond donors (Lipinski definition) is 2. The summed E-state index contributed by atoms with van der Waals surface area (Å²) in [6, 6.07) is 9.82. The molecule has 0 aliphatic rings. The molecule has 0 aliphatic heterocycles. The molecule has 8 nitrogen and oxygen atoms in total. The Morgan fingerprint density at radius 2 is 2.00 bits per heavy atom. The Bertz CT molecular complexity index is 1480. The molecule has 0 saturated heterocycles. The number of halogens is 3. The van der Waals surface area contributed by atoms with Gasteiger partial charge in [-0.2, -0.15) is 10.2 Å². The Balaban J connectivity index is 1.85. The highest BCUT2D eigenvalue weighted by Crippen LogP contribution is 2.23. The molecule has 2 aromatic carbocycles. The molecule has 0 spiro atoms. The van der Waals surface area contributed by atoms with Gasteiger partial charge in [-0.05, 0) is 31.2 Å². The Morgan fingerprint density at radius 1 is 1.24 bits per heavy atom. The van der Waals surface area contributed by atoms with E-state index < -0.39 is 23.2 Å². The molecule has 1 atom stereocenters. The average Bonchev–Trinajstić information content (AvgIpc) is 2.76. The van der Waals surface area contributed by atoms with E-state index in [0.717, 1.165) is 10.6 Å². The van der Waals surface area contributed by atoms with Gasteiger partial charge in [0.25, 0.3) is 5.56 Å². The lowest BCUT2D eigenvalue weighted by Crippen LogP contribution is -2.29. The van der Waals surface area contributed by atoms with Gasteiger partial charge in [0.05, 0.1) is 27.8 Å². The molecule has 33 heavy (non-hydrogen) atoms. The van der Waals surface area contributed by atoms with Crippen LogP contribution in [-0.4, -0.2) is 25.6 Å². The fraction of sp³-hybridized carbons (Fsp3) is 0.136. The fourth-order valence-electron chi connectivity index (χ4n) is 3.43. The van der Waals surface area contributed by atoms with E-state index in [2.05, 4.69) is 20.3 Å². The first-order chi connectivity index (χ1) is 15.8. The minimum Gasteiger partial charge on any atom is -0.368 e. The van der Waals surface area contributed by atoms with Crippen LogP contribution in [0.1, 0.15) is 18.3 Å². The zero-order chi connectivity index (χ0) is 23.7. The van der Waals surface area contributed by atoms with Gasteiger partial charge in [-0.15, -0.1) is 0 Å². The van der Waals surface area contributed by atoms with Crippen LogP contribution in [0.3, 0.4) is 0 Å². The number of anilines is 2. The third-order valence-corrected chi connectivity index (χ3v) is 5.20. The molecule has 11 heteroatoms. The van der Waals surface area contributed by atoms with E-state index in [4.69, 9.17) is 17.3 Å². The van der Waals surface area contributed by atoms with Crippen LogP contribution in [0.4, 0.5) is 20.5 Å². The van der Waals surface area contributed by atoms with Gasteiger partial charge in [0.1, 0.15) is 23.3 Å². The van der Waals surface area contributed by atoms with E-state index in [0.29, 0.717) is 5.52 Å². The fourth-order valence-corrected chi connectivity index (χ4v) is 3.68. The molecular formula is C22H16ClF2N7O. The number of nitrogens with zero attached hydrogens (tertiary/aromatic N) is 5. The van der Waals surface area contributed by atoms with E-state index in [1.165, 1.54) is 24.4 Å². The van der Waals surface area contributed by atoms with E-state index >= 15 is 0 Å². The standard InChI is InChI=1S/C22H16ClF2N7O/c1-11(29-20-12(9-26)10-28-22(27)31-20)8-17-30-15-6-2-4-13(23)18(15)21(33)32(17)16-7-3-5-14(24)19(16)25/h2-7,10-11H,8H2,1H3,(H3,27,28,29,31)/t11-/m1/s1. The van der Waals surface area contributed by atoms with Gasteiger partial charge in [-0.1, -0.05) is 23.7 Å². The predicted octanol–water partition coefficient (Wildman–Crippen LogP) is 3.60. The maximum Gasteiger partial charge on any atom is 0.267 e. The highest BCUT2D eigenvalue weighted by Gasteiger charge is 2.21. The summed E-state index contributed by atoms with van der Waals surface area (Å²) in [4.78, 5) is 25.7. The van der Waals surface area contributed by atoms with Crippen molar-refractivity contribution < 1.29 is 8.78 Å². The molecule has 166 valence electrons. The molecule has 0 aliphatic carbocycles. The van der Waals surface area contributed by atoms with E-state index in [1.54, 1.807) is 19.1 Å². The number of aromatic nitrogens is 4. The second-order valence-corrected chi connectivity index (χ2v) is 7.63. The first-order valence-corrected chi connectivity index (χ1v) is 10.1. The van der Waals surface area contributed by atoms with Gasteiger partial charge in [0.15, 0.2) is 11.6 Å². The lowest BCUT2D eigenvalue weighted by Gasteiger charge is -2.19. The number of rotatable bonds is 5. The van der Waals surface area contributed by atoms with Crippen LogP contribution in [0.15, 0.2) is 47.4 Å². The molecule has 0 saturated carbocycles. The molecule has 2 aromatic heterocycles. The van der Waals surface area contributed by atoms with Crippen molar-refractivity contribution in [1.29, 1.82) is 5.26 Å². The van der Waals surface area contributed by atoms with Crippen molar-refractivity contribution in [2.75, 3.05) is 11.1 Å². The first kappa shape index (κ1) is 22.1. The van der Waals surface area contributed by atoms with E-state index in [1.807, 2.05) is 6.07 Å². The quantitative estimate of drug-likeness (QED) is 0.459.